The Morgan fingerprint density at radius 2 is 1.92 bits per heavy atom. The molecule has 2 aliphatic rings. The Morgan fingerprint density at radius 1 is 1.18 bits per heavy atom. The third-order valence-corrected chi connectivity index (χ3v) is 6.83. The minimum absolute atomic E-state index is 0.00203. The lowest BCUT2D eigenvalue weighted by atomic mass is 10.1. The number of aliphatic hydroxyl groups is 1. The quantitative estimate of drug-likeness (QED) is 0.498. The van der Waals surface area contributed by atoms with Crippen LogP contribution in [0, 0.1) is 11.6 Å². The van der Waals surface area contributed by atoms with Gasteiger partial charge in [-0.05, 0) is 38.5 Å². The summed E-state index contributed by atoms with van der Waals surface area (Å²) in [5, 5.41) is 13.6. The van der Waals surface area contributed by atoms with Gasteiger partial charge in [0.15, 0.2) is 23.7 Å². The summed E-state index contributed by atoms with van der Waals surface area (Å²) >= 11 is 6.27. The molecule has 202 valence electrons. The fraction of sp³-hybridized carbons (Fsp3) is 0.417. The number of anilines is 2. The van der Waals surface area contributed by atoms with Gasteiger partial charge in [0.25, 0.3) is 5.91 Å². The van der Waals surface area contributed by atoms with Crippen molar-refractivity contribution in [3.05, 3.63) is 62.8 Å². The van der Waals surface area contributed by atoms with E-state index in [1.807, 2.05) is 0 Å². The summed E-state index contributed by atoms with van der Waals surface area (Å²) in [4.78, 5) is 33.5. The van der Waals surface area contributed by atoms with Crippen molar-refractivity contribution in [2.45, 2.75) is 45.8 Å². The molecule has 2 aliphatic heterocycles. The van der Waals surface area contributed by atoms with Gasteiger partial charge in [0.1, 0.15) is 30.6 Å². The second-order valence-electron chi connectivity index (χ2n) is 8.80. The lowest BCUT2D eigenvalue weighted by Crippen LogP contribution is -2.55. The first kappa shape index (κ1) is 26.2. The predicted octanol–water partition coefficient (Wildman–Crippen LogP) is 2.45. The van der Waals surface area contributed by atoms with Crippen LogP contribution in [0.2, 0.25) is 5.02 Å². The molecule has 38 heavy (non-hydrogen) atoms. The van der Waals surface area contributed by atoms with Crippen molar-refractivity contribution < 1.29 is 28.2 Å². The van der Waals surface area contributed by atoms with E-state index in [0.717, 1.165) is 15.6 Å². The van der Waals surface area contributed by atoms with Crippen molar-refractivity contribution >= 4 is 29.0 Å². The first-order valence-electron chi connectivity index (χ1n) is 12.0. The molecule has 0 unspecified atom stereocenters. The van der Waals surface area contributed by atoms with E-state index in [-0.39, 0.29) is 41.1 Å². The fourth-order valence-corrected chi connectivity index (χ4v) is 4.87. The number of para-hydroxylation sites is 1. The van der Waals surface area contributed by atoms with E-state index in [2.05, 4.69) is 10.1 Å². The van der Waals surface area contributed by atoms with E-state index >= 15 is 4.39 Å². The molecule has 1 fully saturated rings. The van der Waals surface area contributed by atoms with Crippen LogP contribution >= 0.6 is 11.6 Å². The fourth-order valence-electron chi connectivity index (χ4n) is 4.61. The van der Waals surface area contributed by atoms with Gasteiger partial charge in [0.05, 0.1) is 29.8 Å². The zero-order valence-electron chi connectivity index (χ0n) is 20.6. The lowest BCUT2D eigenvalue weighted by Gasteiger charge is -2.43. The summed E-state index contributed by atoms with van der Waals surface area (Å²) in [6.45, 7) is 3.79. The number of nitrogens with zero attached hydrogens (tertiary/aromatic N) is 6. The highest BCUT2D eigenvalue weighted by Gasteiger charge is 2.40. The number of ether oxygens (including phenoxy) is 2. The van der Waals surface area contributed by atoms with Gasteiger partial charge in [-0.25, -0.2) is 18.6 Å². The maximum Gasteiger partial charge on any atom is 0.352 e. The summed E-state index contributed by atoms with van der Waals surface area (Å²) in [6.07, 6.45) is -0.0138. The van der Waals surface area contributed by atoms with Crippen LogP contribution in [0.15, 0.2) is 29.1 Å². The summed E-state index contributed by atoms with van der Waals surface area (Å²) in [6, 6.07) is 4.39. The molecule has 0 radical (unpaired) electrons. The van der Waals surface area contributed by atoms with Gasteiger partial charge >= 0.3 is 5.69 Å². The Bertz CT molecular complexity index is 1420. The third kappa shape index (κ3) is 4.34. The molecule has 1 N–H and O–H groups in total. The number of aromatic nitrogens is 4. The Balaban J connectivity index is 1.68. The smallest absolute Gasteiger partial charge is 0.352 e. The average molecular weight is 551 g/mol. The van der Waals surface area contributed by atoms with Crippen LogP contribution in [0.1, 0.15) is 36.5 Å². The molecule has 5 rings (SSSR count). The van der Waals surface area contributed by atoms with Gasteiger partial charge in [0.2, 0.25) is 0 Å². The van der Waals surface area contributed by atoms with E-state index in [4.69, 9.17) is 21.1 Å². The zero-order chi connectivity index (χ0) is 27.1. The number of fused-ring (bicyclic) bond motifs is 1. The Morgan fingerprint density at radius 3 is 2.55 bits per heavy atom. The Hall–Kier alpha value is -3.39. The highest BCUT2D eigenvalue weighted by atomic mass is 35.5. The number of hydrogen-bond acceptors (Lipinski definition) is 8. The molecule has 0 saturated carbocycles. The van der Waals surface area contributed by atoms with Crippen LogP contribution in [0.5, 0.6) is 0 Å². The first-order chi connectivity index (χ1) is 18.3. The minimum atomic E-state index is -1.01. The van der Waals surface area contributed by atoms with Crippen molar-refractivity contribution in [3.8, 4) is 5.82 Å². The summed E-state index contributed by atoms with van der Waals surface area (Å²) < 4.78 is 43.8. The number of benzene rings is 1. The number of carbonyl (C=O) groups excluding carboxylic acids is 1. The van der Waals surface area contributed by atoms with Crippen molar-refractivity contribution in [2.24, 2.45) is 0 Å². The van der Waals surface area contributed by atoms with Crippen LogP contribution in [-0.4, -0.2) is 62.6 Å². The molecule has 1 atom stereocenters. The molecule has 4 heterocycles. The van der Waals surface area contributed by atoms with Crippen LogP contribution in [-0.2, 0) is 22.6 Å². The molecule has 2 aromatic heterocycles. The van der Waals surface area contributed by atoms with Crippen molar-refractivity contribution in [1.29, 1.82) is 0 Å². The number of carbonyl (C=O) groups is 1. The molecular weight excluding hydrogens is 526 g/mol. The number of amides is 1. The summed E-state index contributed by atoms with van der Waals surface area (Å²) in [5.74, 6) is -2.87. The maximum atomic E-state index is 15.5. The second kappa shape index (κ2) is 10.4. The number of aliphatic hydroxyl groups excluding tert-OH is 1. The largest absolute Gasteiger partial charge is 0.388 e. The Kier molecular flexibility index (Phi) is 7.18. The summed E-state index contributed by atoms with van der Waals surface area (Å²) in [7, 11) is 0. The van der Waals surface area contributed by atoms with Crippen LogP contribution in [0.25, 0.3) is 5.82 Å². The van der Waals surface area contributed by atoms with Gasteiger partial charge in [-0.2, -0.15) is 4.68 Å². The second-order valence-corrected chi connectivity index (χ2v) is 9.20. The number of hydrogen-bond donors (Lipinski definition) is 1. The van der Waals surface area contributed by atoms with E-state index in [1.165, 1.54) is 22.8 Å². The molecular formula is C24H25ClF2N6O5. The van der Waals surface area contributed by atoms with E-state index in [0.29, 0.717) is 19.6 Å². The SMILES string of the molecule is CCn1c(CO)nn(-c2nc3c(cc2F)C(=O)N(c2c(F)cccc2Cl)CN3[C@@H](C)C2OCCCO2)c1=O. The minimum Gasteiger partial charge on any atom is -0.388 e. The number of rotatable bonds is 6. The molecule has 3 aromatic rings. The highest BCUT2D eigenvalue weighted by molar-refractivity contribution is 6.34. The maximum absolute atomic E-state index is 15.5. The van der Waals surface area contributed by atoms with Gasteiger partial charge in [-0.15, -0.1) is 5.10 Å². The van der Waals surface area contributed by atoms with E-state index < -0.39 is 48.0 Å². The number of pyridine rings is 1. The average Bonchev–Trinajstić information content (AvgIpc) is 3.24. The van der Waals surface area contributed by atoms with Crippen LogP contribution in [0.3, 0.4) is 0 Å². The molecule has 0 bridgehead atoms. The van der Waals surface area contributed by atoms with Gasteiger partial charge in [0, 0.05) is 6.54 Å². The van der Waals surface area contributed by atoms with Crippen molar-refractivity contribution in [3.63, 3.8) is 0 Å². The van der Waals surface area contributed by atoms with Crippen LogP contribution < -0.4 is 15.5 Å². The Labute approximate surface area is 220 Å². The lowest BCUT2D eigenvalue weighted by molar-refractivity contribution is -0.186. The molecule has 1 saturated heterocycles. The molecule has 0 spiro atoms. The van der Waals surface area contributed by atoms with Crippen LogP contribution in [0.4, 0.5) is 20.3 Å². The van der Waals surface area contributed by atoms with E-state index in [9.17, 15) is 19.1 Å². The number of halogens is 3. The normalized spacial score (nSPS) is 17.2. The van der Waals surface area contributed by atoms with Gasteiger partial charge in [-0.3, -0.25) is 14.3 Å². The standard InChI is InChI=1S/C24H25ClF2N6O5/c1-3-30-18(11-34)29-33(24(30)36)21-17(27)10-14-20(28-21)31(13(2)23-37-8-5-9-38-23)12-32(22(14)35)19-15(25)6-4-7-16(19)26/h4,6-7,10,13,23,34H,3,5,8-9,11-12H2,1-2H3/t13-/m0/s1. The molecule has 1 amide bonds. The first-order valence-corrected chi connectivity index (χ1v) is 12.4. The third-order valence-electron chi connectivity index (χ3n) is 6.52. The topological polar surface area (TPSA) is 115 Å². The molecule has 1 aromatic carbocycles. The van der Waals surface area contributed by atoms with Gasteiger partial charge < -0.3 is 19.5 Å². The van der Waals surface area contributed by atoms with Crippen molar-refractivity contribution in [1.82, 2.24) is 19.3 Å². The molecule has 0 aliphatic carbocycles. The van der Waals surface area contributed by atoms with Crippen molar-refractivity contribution in [2.75, 3.05) is 29.7 Å². The molecule has 14 heteroatoms. The highest BCUT2D eigenvalue weighted by Crippen LogP contribution is 2.37. The monoisotopic (exact) mass is 550 g/mol. The zero-order valence-corrected chi connectivity index (χ0v) is 21.4. The summed E-state index contributed by atoms with van der Waals surface area (Å²) in [5.41, 5.74) is -1.05. The van der Waals surface area contributed by atoms with Gasteiger partial charge in [-0.1, -0.05) is 17.7 Å². The predicted molar refractivity (Wildman–Crippen MR) is 133 cm³/mol. The van der Waals surface area contributed by atoms with E-state index in [1.54, 1.807) is 18.7 Å². The molecule has 11 nitrogen and oxygen atoms in total.